The predicted octanol–water partition coefficient (Wildman–Crippen LogP) is 5.11. The van der Waals surface area contributed by atoms with Crippen LogP contribution in [0.5, 0.6) is 0 Å². The van der Waals surface area contributed by atoms with Crippen LogP contribution in [-0.2, 0) is 10.2 Å². The van der Waals surface area contributed by atoms with Crippen molar-refractivity contribution >= 4 is 24.2 Å². The number of carbonyl (C=O) groups excluding carboxylic acids is 1. The summed E-state index contributed by atoms with van der Waals surface area (Å²) in [6.45, 7) is 2.65. The van der Waals surface area contributed by atoms with Gasteiger partial charge < -0.3 is 10.0 Å². The van der Waals surface area contributed by atoms with Gasteiger partial charge in [-0.2, -0.15) is 0 Å². The second kappa shape index (κ2) is 11.2. The molecule has 1 heterocycles. The molecule has 4 nitrogen and oxygen atoms in total. The fraction of sp³-hybridized carbons (Fsp3) is 0.417. The quantitative estimate of drug-likeness (QED) is 0.558. The number of carboxylic acid groups (broad SMARTS) is 1. The van der Waals surface area contributed by atoms with Gasteiger partial charge in [-0.05, 0) is 80.6 Å². The number of rotatable bonds is 9. The average molecular weight is 434 g/mol. The predicted molar refractivity (Wildman–Crippen MR) is 118 cm³/mol. The monoisotopic (exact) mass is 433 g/mol. The Morgan fingerprint density at radius 2 is 1.60 bits per heavy atom. The first-order valence-corrected chi connectivity index (χ1v) is 10.3. The first-order chi connectivity index (χ1) is 14.0. The third kappa shape index (κ3) is 6.38. The minimum atomic E-state index is -0.748. The van der Waals surface area contributed by atoms with Gasteiger partial charge in [0.2, 0.25) is 0 Å². The number of likely N-dealkylation sites (tertiary alicyclic amines) is 1. The summed E-state index contributed by atoms with van der Waals surface area (Å²) in [7, 11) is 0. The molecule has 0 amide bonds. The number of hydrogen-bond acceptors (Lipinski definition) is 3. The Balaban J connectivity index is 0.00000320. The number of carbonyl (C=O) groups is 2. The largest absolute Gasteiger partial charge is 0.481 e. The summed E-state index contributed by atoms with van der Waals surface area (Å²) in [5, 5.41) is 9.17. The molecule has 6 heteroatoms. The lowest BCUT2D eigenvalue weighted by Gasteiger charge is -2.42. The normalized spacial score (nSPS) is 15.9. The molecule has 0 aliphatic carbocycles. The fourth-order valence-corrected chi connectivity index (χ4v) is 4.27. The van der Waals surface area contributed by atoms with E-state index in [0.29, 0.717) is 18.4 Å². The Morgan fingerprint density at radius 1 is 0.967 bits per heavy atom. The average Bonchev–Trinajstić information content (AvgIpc) is 2.74. The third-order valence-electron chi connectivity index (χ3n) is 6.06. The van der Waals surface area contributed by atoms with Crippen LogP contribution in [0.2, 0.25) is 0 Å². The molecule has 30 heavy (non-hydrogen) atoms. The summed E-state index contributed by atoms with van der Waals surface area (Å²) in [5.74, 6) is -1.04. The molecule has 0 radical (unpaired) electrons. The van der Waals surface area contributed by atoms with Crippen molar-refractivity contribution in [2.24, 2.45) is 0 Å². The number of benzene rings is 2. The number of carboxylic acids is 1. The molecule has 1 N–H and O–H groups in total. The highest BCUT2D eigenvalue weighted by atomic mass is 35.5. The molecular weight excluding hydrogens is 405 g/mol. The summed E-state index contributed by atoms with van der Waals surface area (Å²) in [6, 6.07) is 16.0. The maximum Gasteiger partial charge on any atom is 0.303 e. The van der Waals surface area contributed by atoms with Gasteiger partial charge in [0.25, 0.3) is 0 Å². The lowest BCUT2D eigenvalue weighted by molar-refractivity contribution is -0.137. The van der Waals surface area contributed by atoms with E-state index in [1.165, 1.54) is 29.8 Å². The van der Waals surface area contributed by atoms with Crippen molar-refractivity contribution in [1.82, 2.24) is 4.90 Å². The van der Waals surface area contributed by atoms with Crippen molar-refractivity contribution in [1.29, 1.82) is 0 Å². The Hall–Kier alpha value is -2.24. The minimum Gasteiger partial charge on any atom is -0.481 e. The van der Waals surface area contributed by atoms with Gasteiger partial charge in [0.15, 0.2) is 5.78 Å². The van der Waals surface area contributed by atoms with E-state index in [9.17, 15) is 19.1 Å². The van der Waals surface area contributed by atoms with Gasteiger partial charge in [0.1, 0.15) is 5.82 Å². The SMILES string of the molecule is Cl.O=C(O)CCC1(c2ccccc2)CCN(CCCC(=O)c2ccc(F)cc2)CC1. The zero-order valence-electron chi connectivity index (χ0n) is 17.1. The van der Waals surface area contributed by atoms with E-state index in [0.717, 1.165) is 38.9 Å². The van der Waals surface area contributed by atoms with Crippen LogP contribution in [0.1, 0.15) is 54.4 Å². The van der Waals surface area contributed by atoms with Crippen molar-refractivity contribution in [2.75, 3.05) is 19.6 Å². The van der Waals surface area contributed by atoms with Crippen LogP contribution in [0.3, 0.4) is 0 Å². The van der Waals surface area contributed by atoms with Gasteiger partial charge >= 0.3 is 5.97 Å². The first kappa shape index (κ1) is 24.0. The van der Waals surface area contributed by atoms with Crippen molar-refractivity contribution in [3.63, 3.8) is 0 Å². The van der Waals surface area contributed by atoms with Gasteiger partial charge in [0, 0.05) is 18.4 Å². The molecule has 3 rings (SSSR count). The second-order valence-electron chi connectivity index (χ2n) is 7.92. The van der Waals surface area contributed by atoms with Gasteiger partial charge in [-0.15, -0.1) is 12.4 Å². The smallest absolute Gasteiger partial charge is 0.303 e. The van der Waals surface area contributed by atoms with Crippen LogP contribution in [-0.4, -0.2) is 41.4 Å². The van der Waals surface area contributed by atoms with E-state index in [1.54, 1.807) is 0 Å². The molecule has 0 saturated carbocycles. The van der Waals surface area contributed by atoms with E-state index in [2.05, 4.69) is 17.0 Å². The lowest BCUT2D eigenvalue weighted by atomic mass is 9.70. The molecule has 1 saturated heterocycles. The fourth-order valence-electron chi connectivity index (χ4n) is 4.27. The van der Waals surface area contributed by atoms with Crippen molar-refractivity contribution in [3.05, 3.63) is 71.5 Å². The van der Waals surface area contributed by atoms with E-state index in [4.69, 9.17) is 0 Å². The maximum absolute atomic E-state index is 13.0. The van der Waals surface area contributed by atoms with E-state index >= 15 is 0 Å². The zero-order valence-corrected chi connectivity index (χ0v) is 17.9. The summed E-state index contributed by atoms with van der Waals surface area (Å²) >= 11 is 0. The molecule has 1 fully saturated rings. The van der Waals surface area contributed by atoms with E-state index < -0.39 is 5.97 Å². The summed E-state index contributed by atoms with van der Waals surface area (Å²) in [6.07, 6.45) is 3.91. The van der Waals surface area contributed by atoms with Gasteiger partial charge in [-0.3, -0.25) is 9.59 Å². The Labute approximate surface area is 183 Å². The Bertz CT molecular complexity index is 818. The van der Waals surface area contributed by atoms with E-state index in [1.807, 2.05) is 18.2 Å². The summed E-state index contributed by atoms with van der Waals surface area (Å²) in [4.78, 5) is 25.8. The second-order valence-corrected chi connectivity index (χ2v) is 7.92. The number of ketones is 1. The van der Waals surface area contributed by atoms with Crippen LogP contribution in [0.25, 0.3) is 0 Å². The topological polar surface area (TPSA) is 57.6 Å². The highest BCUT2D eigenvalue weighted by molar-refractivity contribution is 5.95. The number of piperidine rings is 1. The summed E-state index contributed by atoms with van der Waals surface area (Å²) < 4.78 is 13.0. The maximum atomic E-state index is 13.0. The molecule has 0 unspecified atom stereocenters. The molecule has 0 spiro atoms. The van der Waals surface area contributed by atoms with Gasteiger partial charge in [-0.25, -0.2) is 4.39 Å². The Kier molecular flexibility index (Phi) is 9.00. The van der Waals surface area contributed by atoms with E-state index in [-0.39, 0.29) is 35.8 Å². The van der Waals surface area contributed by atoms with Crippen LogP contribution < -0.4 is 0 Å². The van der Waals surface area contributed by atoms with Crippen molar-refractivity contribution in [3.8, 4) is 0 Å². The molecule has 162 valence electrons. The molecule has 1 aliphatic rings. The lowest BCUT2D eigenvalue weighted by Crippen LogP contribution is -2.43. The standard InChI is InChI=1S/C24H28FNO3.ClH/c25-21-10-8-19(9-11-21)22(27)7-4-16-26-17-14-24(15-18-26,13-12-23(28)29)20-5-2-1-3-6-20;/h1-3,5-6,8-11H,4,7,12-18H2,(H,28,29);1H. The van der Waals surface area contributed by atoms with Gasteiger partial charge in [-0.1, -0.05) is 30.3 Å². The zero-order chi connectivity index (χ0) is 20.7. The number of halogens is 2. The molecule has 0 aromatic heterocycles. The third-order valence-corrected chi connectivity index (χ3v) is 6.06. The van der Waals surface area contributed by atoms with Crippen LogP contribution in [0.4, 0.5) is 4.39 Å². The molecular formula is C24H29ClFNO3. The highest BCUT2D eigenvalue weighted by Crippen LogP contribution is 2.39. The van der Waals surface area contributed by atoms with Crippen molar-refractivity contribution < 1.29 is 19.1 Å². The van der Waals surface area contributed by atoms with Crippen molar-refractivity contribution in [2.45, 2.75) is 43.9 Å². The van der Waals surface area contributed by atoms with Gasteiger partial charge in [0.05, 0.1) is 0 Å². The van der Waals surface area contributed by atoms with Crippen LogP contribution >= 0.6 is 12.4 Å². The number of hydrogen-bond donors (Lipinski definition) is 1. The highest BCUT2D eigenvalue weighted by Gasteiger charge is 2.36. The van der Waals surface area contributed by atoms with Crippen LogP contribution in [0.15, 0.2) is 54.6 Å². The molecule has 1 aliphatic heterocycles. The minimum absolute atomic E-state index is 0. The molecule has 0 atom stereocenters. The number of aliphatic carboxylic acids is 1. The first-order valence-electron chi connectivity index (χ1n) is 10.3. The molecule has 2 aromatic carbocycles. The summed E-state index contributed by atoms with van der Waals surface area (Å²) in [5.41, 5.74) is 1.70. The molecule has 2 aromatic rings. The number of nitrogens with zero attached hydrogens (tertiary/aromatic N) is 1. The molecule has 0 bridgehead atoms. The Morgan fingerprint density at radius 3 is 2.20 bits per heavy atom. The number of Topliss-reactive ketones (excluding diaryl/α,β-unsaturated/α-hetero) is 1. The van der Waals surface area contributed by atoms with Crippen LogP contribution in [0, 0.1) is 5.82 Å².